The Bertz CT molecular complexity index is 1100. The lowest BCUT2D eigenvalue weighted by molar-refractivity contribution is -0.274. The summed E-state index contributed by atoms with van der Waals surface area (Å²) in [5.41, 5.74) is 0.188. The van der Waals surface area contributed by atoms with Crippen LogP contribution in [0.25, 0.3) is 10.9 Å². The molecule has 11 heteroatoms. The topological polar surface area (TPSA) is 106 Å². The molecule has 1 aromatic heterocycles. The molecule has 0 bridgehead atoms. The average molecular weight is 408 g/mol. The summed E-state index contributed by atoms with van der Waals surface area (Å²) >= 11 is 0. The smallest absolute Gasteiger partial charge is 0.508 e. The number of carbonyl (C=O) groups is 1. The van der Waals surface area contributed by atoms with E-state index in [1.807, 2.05) is 0 Å². The van der Waals surface area contributed by atoms with Crippen LogP contribution in [0.3, 0.4) is 0 Å². The van der Waals surface area contributed by atoms with Gasteiger partial charge in [-0.2, -0.15) is 0 Å². The van der Waals surface area contributed by atoms with Gasteiger partial charge in [0.1, 0.15) is 23.6 Å². The number of benzene rings is 2. The van der Waals surface area contributed by atoms with Gasteiger partial charge in [0.25, 0.3) is 5.56 Å². The molecule has 0 fully saturated rings. The monoisotopic (exact) mass is 408 g/mol. The number of nitrogens with one attached hydrogen (secondary N) is 1. The SMILES string of the molecule is C[C@H](NC(=O)Cn1nnc2cc(O)ccc2c1=O)c1ccc(OC(F)(F)F)cc1. The lowest BCUT2D eigenvalue weighted by atomic mass is 10.1. The zero-order valence-corrected chi connectivity index (χ0v) is 15.0. The number of rotatable bonds is 5. The standard InChI is InChI=1S/C18H15F3N4O4/c1-10(11-2-5-13(6-3-11)29-18(19,20)21)22-16(27)9-25-17(28)14-7-4-12(26)8-15(14)23-24-25/h2-8,10,26H,9H2,1H3,(H,22,27)/t10-/m0/s1. The van der Waals surface area contributed by atoms with Gasteiger partial charge in [-0.1, -0.05) is 17.3 Å². The molecular formula is C18H15F3N4O4. The molecule has 1 heterocycles. The van der Waals surface area contributed by atoms with Crippen LogP contribution in [0.1, 0.15) is 18.5 Å². The van der Waals surface area contributed by atoms with Crippen molar-refractivity contribution in [3.05, 3.63) is 58.4 Å². The third kappa shape index (κ3) is 5.00. The number of hydrogen-bond acceptors (Lipinski definition) is 6. The molecule has 3 rings (SSSR count). The second kappa shape index (κ2) is 7.78. The number of alkyl halides is 3. The highest BCUT2D eigenvalue weighted by molar-refractivity contribution is 5.79. The summed E-state index contributed by atoms with van der Waals surface area (Å²) in [5.74, 6) is -0.978. The Labute approximate surface area is 161 Å². The van der Waals surface area contributed by atoms with Gasteiger partial charge in [0.15, 0.2) is 0 Å². The van der Waals surface area contributed by atoms with Gasteiger partial charge >= 0.3 is 6.36 Å². The summed E-state index contributed by atoms with van der Waals surface area (Å²) in [4.78, 5) is 24.6. The molecule has 2 aromatic carbocycles. The molecule has 152 valence electrons. The lowest BCUT2D eigenvalue weighted by Gasteiger charge is -2.15. The van der Waals surface area contributed by atoms with E-state index >= 15 is 0 Å². The zero-order valence-electron chi connectivity index (χ0n) is 15.0. The first kappa shape index (κ1) is 20.1. The number of carbonyl (C=O) groups excluding carboxylic acids is 1. The van der Waals surface area contributed by atoms with Gasteiger partial charge in [0.2, 0.25) is 5.91 Å². The van der Waals surface area contributed by atoms with E-state index in [1.54, 1.807) is 6.92 Å². The number of aromatic nitrogens is 3. The summed E-state index contributed by atoms with van der Waals surface area (Å²) in [6, 6.07) is 8.50. The van der Waals surface area contributed by atoms with Crippen LogP contribution in [0.5, 0.6) is 11.5 Å². The number of hydrogen-bond donors (Lipinski definition) is 2. The summed E-state index contributed by atoms with van der Waals surface area (Å²) in [6.07, 6.45) is -4.78. The van der Waals surface area contributed by atoms with Crippen molar-refractivity contribution < 1.29 is 27.8 Å². The molecule has 0 unspecified atom stereocenters. The molecule has 8 nitrogen and oxygen atoms in total. The Morgan fingerprint density at radius 3 is 2.59 bits per heavy atom. The van der Waals surface area contributed by atoms with Gasteiger partial charge in [-0.15, -0.1) is 18.3 Å². The van der Waals surface area contributed by atoms with E-state index in [4.69, 9.17) is 0 Å². The Kier molecular flexibility index (Phi) is 5.39. The minimum absolute atomic E-state index is 0.0674. The van der Waals surface area contributed by atoms with E-state index in [2.05, 4.69) is 20.4 Å². The Morgan fingerprint density at radius 2 is 1.93 bits per heavy atom. The third-order valence-corrected chi connectivity index (χ3v) is 3.99. The molecule has 0 aliphatic heterocycles. The molecule has 3 aromatic rings. The van der Waals surface area contributed by atoms with Gasteiger partial charge in [0.05, 0.1) is 11.4 Å². The average Bonchev–Trinajstić information content (AvgIpc) is 2.63. The first-order valence-electron chi connectivity index (χ1n) is 8.34. The normalized spacial score (nSPS) is 12.6. The van der Waals surface area contributed by atoms with Gasteiger partial charge in [-0.25, -0.2) is 4.68 Å². The van der Waals surface area contributed by atoms with Crippen molar-refractivity contribution in [1.29, 1.82) is 0 Å². The molecule has 0 aliphatic rings. The third-order valence-electron chi connectivity index (χ3n) is 3.99. The summed E-state index contributed by atoms with van der Waals surface area (Å²) in [7, 11) is 0. The Morgan fingerprint density at radius 1 is 1.24 bits per heavy atom. The molecule has 0 radical (unpaired) electrons. The van der Waals surface area contributed by atoms with E-state index in [0.717, 1.165) is 16.8 Å². The summed E-state index contributed by atoms with van der Waals surface area (Å²) in [6.45, 7) is 1.23. The van der Waals surface area contributed by atoms with Crippen LogP contribution in [0.4, 0.5) is 13.2 Å². The van der Waals surface area contributed by atoms with Crippen molar-refractivity contribution in [2.75, 3.05) is 0 Å². The van der Waals surface area contributed by atoms with Crippen LogP contribution in [0, 0.1) is 0 Å². The maximum absolute atomic E-state index is 12.4. The number of ether oxygens (including phenoxy) is 1. The van der Waals surface area contributed by atoms with E-state index in [-0.39, 0.29) is 22.4 Å². The number of halogens is 3. The number of phenolic OH excluding ortho intramolecular Hbond substituents is 1. The quantitative estimate of drug-likeness (QED) is 0.671. The molecule has 0 saturated heterocycles. The molecule has 29 heavy (non-hydrogen) atoms. The maximum atomic E-state index is 12.4. The molecule has 0 saturated carbocycles. The Hall–Kier alpha value is -3.63. The van der Waals surface area contributed by atoms with Crippen LogP contribution >= 0.6 is 0 Å². The fourth-order valence-electron chi connectivity index (χ4n) is 2.63. The van der Waals surface area contributed by atoms with Crippen LogP contribution in [-0.2, 0) is 11.3 Å². The van der Waals surface area contributed by atoms with E-state index in [0.29, 0.717) is 5.56 Å². The number of phenols is 1. The zero-order chi connectivity index (χ0) is 21.2. The largest absolute Gasteiger partial charge is 0.573 e. The van der Waals surface area contributed by atoms with Crippen molar-refractivity contribution in [3.8, 4) is 11.5 Å². The Balaban J connectivity index is 1.67. The predicted octanol–water partition coefficient (Wildman–Crippen LogP) is 2.27. The number of amides is 1. The van der Waals surface area contributed by atoms with Crippen molar-refractivity contribution >= 4 is 16.8 Å². The first-order valence-corrected chi connectivity index (χ1v) is 8.34. The lowest BCUT2D eigenvalue weighted by Crippen LogP contribution is -2.35. The van der Waals surface area contributed by atoms with Crippen molar-refractivity contribution in [3.63, 3.8) is 0 Å². The highest BCUT2D eigenvalue weighted by atomic mass is 19.4. The molecule has 2 N–H and O–H groups in total. The minimum Gasteiger partial charge on any atom is -0.508 e. The summed E-state index contributed by atoms with van der Waals surface area (Å²) in [5, 5.41) is 19.7. The second-order valence-corrected chi connectivity index (χ2v) is 6.16. The van der Waals surface area contributed by atoms with Crippen LogP contribution < -0.4 is 15.6 Å². The van der Waals surface area contributed by atoms with Crippen molar-refractivity contribution in [2.24, 2.45) is 0 Å². The minimum atomic E-state index is -4.78. The molecule has 0 aliphatic carbocycles. The van der Waals surface area contributed by atoms with E-state index < -0.39 is 30.4 Å². The number of aromatic hydroxyl groups is 1. The molecular weight excluding hydrogens is 393 g/mol. The second-order valence-electron chi connectivity index (χ2n) is 6.16. The van der Waals surface area contributed by atoms with Gasteiger partial charge in [-0.3, -0.25) is 9.59 Å². The maximum Gasteiger partial charge on any atom is 0.573 e. The van der Waals surface area contributed by atoms with Gasteiger partial charge in [-0.05, 0) is 36.8 Å². The fourth-order valence-corrected chi connectivity index (χ4v) is 2.63. The van der Waals surface area contributed by atoms with Crippen LogP contribution in [0.2, 0.25) is 0 Å². The number of fused-ring (bicyclic) bond motifs is 1. The van der Waals surface area contributed by atoms with Gasteiger partial charge < -0.3 is 15.2 Å². The highest BCUT2D eigenvalue weighted by Gasteiger charge is 2.31. The van der Waals surface area contributed by atoms with Crippen molar-refractivity contribution in [1.82, 2.24) is 20.3 Å². The summed E-state index contributed by atoms with van der Waals surface area (Å²) < 4.78 is 41.3. The first-order chi connectivity index (χ1) is 13.6. The fraction of sp³-hybridized carbons (Fsp3) is 0.222. The molecule has 1 atom stereocenters. The number of nitrogens with zero attached hydrogens (tertiary/aromatic N) is 3. The van der Waals surface area contributed by atoms with E-state index in [9.17, 15) is 27.9 Å². The highest BCUT2D eigenvalue weighted by Crippen LogP contribution is 2.24. The van der Waals surface area contributed by atoms with Crippen LogP contribution in [-0.4, -0.2) is 32.4 Å². The van der Waals surface area contributed by atoms with Gasteiger partial charge in [0, 0.05) is 6.07 Å². The predicted molar refractivity (Wildman–Crippen MR) is 95.1 cm³/mol. The van der Waals surface area contributed by atoms with Crippen molar-refractivity contribution in [2.45, 2.75) is 25.9 Å². The van der Waals surface area contributed by atoms with Crippen LogP contribution in [0.15, 0.2) is 47.3 Å². The molecule has 1 amide bonds. The van der Waals surface area contributed by atoms with E-state index in [1.165, 1.54) is 30.3 Å². The molecule has 0 spiro atoms.